The minimum absolute atomic E-state index is 0. The first kappa shape index (κ1) is 49.3. The zero-order valence-corrected chi connectivity index (χ0v) is 38.5. The van der Waals surface area contributed by atoms with Crippen LogP contribution in [0.5, 0.6) is 17.2 Å². The number of carbonyl (C=O) groups is 3. The van der Waals surface area contributed by atoms with Crippen LogP contribution in [0.2, 0.25) is 0 Å². The average Bonchev–Trinajstić information content (AvgIpc) is 3.20. The maximum absolute atomic E-state index is 12.7. The van der Waals surface area contributed by atoms with Crippen molar-refractivity contribution in [1.29, 1.82) is 0 Å². The van der Waals surface area contributed by atoms with Gasteiger partial charge in [-0.1, -0.05) is 71.8 Å². The Morgan fingerprint density at radius 3 is 1.07 bits per heavy atom. The number of aliphatic hydroxyl groups is 1. The predicted molar refractivity (Wildman–Crippen MR) is 197 cm³/mol. The average molecular weight is 833 g/mol. The van der Waals surface area contributed by atoms with Gasteiger partial charge >= 0.3 is 107 Å². The van der Waals surface area contributed by atoms with Gasteiger partial charge in [0.15, 0.2) is 0 Å². The van der Waals surface area contributed by atoms with Crippen LogP contribution < -0.4 is 104 Å². The van der Waals surface area contributed by atoms with Crippen LogP contribution in [0.25, 0.3) is 0 Å². The molecule has 0 saturated carbocycles. The van der Waals surface area contributed by atoms with E-state index in [0.717, 1.165) is 36.4 Å². The number of rotatable bonds is 12. The van der Waals surface area contributed by atoms with Gasteiger partial charge < -0.3 is 35.7 Å². The fourth-order valence-corrected chi connectivity index (χ4v) is 5.62. The summed E-state index contributed by atoms with van der Waals surface area (Å²) in [6.07, 6.45) is 0. The Hall–Kier alpha value is -5.11. The van der Waals surface area contributed by atoms with Gasteiger partial charge in [0.2, 0.25) is 0 Å². The van der Waals surface area contributed by atoms with Crippen LogP contribution in [0.15, 0.2) is 152 Å². The van der Waals surface area contributed by atoms with Crippen molar-refractivity contribution in [2.75, 3.05) is 0 Å². The van der Waals surface area contributed by atoms with E-state index in [-0.39, 0.29) is 106 Å². The van der Waals surface area contributed by atoms with E-state index in [1.165, 1.54) is 18.2 Å². The van der Waals surface area contributed by atoms with Crippen molar-refractivity contribution < 1.29 is 139 Å². The summed E-state index contributed by atoms with van der Waals surface area (Å²) in [5.74, 6) is -6.17. The molecule has 0 aliphatic carbocycles. The number of hydrogen-bond acceptors (Lipinski definition) is 13. The van der Waals surface area contributed by atoms with Gasteiger partial charge in [0, 0.05) is 0 Å². The van der Waals surface area contributed by atoms with Crippen molar-refractivity contribution in [3.05, 3.63) is 160 Å². The molecule has 0 aromatic heterocycles. The minimum atomic E-state index is -1.81. The van der Waals surface area contributed by atoms with Gasteiger partial charge in [-0.05, 0) is 95.9 Å². The summed E-state index contributed by atoms with van der Waals surface area (Å²) >= 11 is 0. The van der Waals surface area contributed by atoms with Gasteiger partial charge in [-0.15, -0.1) is 0 Å². The molecule has 0 heterocycles. The summed E-state index contributed by atoms with van der Waals surface area (Å²) in [5, 5.41) is 101. The maximum atomic E-state index is 12.7. The first-order valence-electron chi connectivity index (χ1n) is 16.7. The van der Waals surface area contributed by atoms with Gasteiger partial charge in [-0.3, -0.25) is 0 Å². The van der Waals surface area contributed by atoms with Gasteiger partial charge in [0.1, 0.15) is 5.60 Å². The molecule has 0 amide bonds. The van der Waals surface area contributed by atoms with E-state index < -0.39 is 57.4 Å². The zero-order valence-electron chi connectivity index (χ0n) is 32.5. The second kappa shape index (κ2) is 21.4. The SMILES string of the molecule is Cc1cc(C(O)(c2ccc(N=Nc3ccc([O-])c(C(=O)O)c3)cc2)c2ccc(N=Nc3ccc([O-])c(C(=O)O)c3)cc2)ccc1N=Nc1ccc([O-])c(C(=O)O)c1.[Na+].[Na+].[Na+]. The third kappa shape index (κ3) is 11.4. The number of hydrogen-bond donors (Lipinski definition) is 4. The summed E-state index contributed by atoms with van der Waals surface area (Å²) in [4.78, 5) is 34.1. The number of carboxylic acid groups (broad SMARTS) is 3. The van der Waals surface area contributed by atoms with Crippen molar-refractivity contribution in [3.8, 4) is 17.2 Å². The molecule has 6 aromatic rings. The van der Waals surface area contributed by atoms with E-state index in [9.17, 15) is 50.1 Å². The molecule has 0 bridgehead atoms. The van der Waals surface area contributed by atoms with E-state index in [1.807, 2.05) is 0 Å². The summed E-state index contributed by atoms with van der Waals surface area (Å²) < 4.78 is 0. The van der Waals surface area contributed by atoms with Gasteiger partial charge in [0.05, 0.1) is 50.8 Å². The van der Waals surface area contributed by atoms with Crippen molar-refractivity contribution in [2.45, 2.75) is 12.5 Å². The molecule has 6 rings (SSSR count). The molecular weight excluding hydrogens is 805 g/mol. The first-order chi connectivity index (χ1) is 27.2. The monoisotopic (exact) mass is 832 g/mol. The van der Waals surface area contributed by atoms with Crippen LogP contribution in [0.4, 0.5) is 34.1 Å². The number of benzene rings is 6. The third-order valence-electron chi connectivity index (χ3n) is 8.60. The number of nitrogens with zero attached hydrogens (tertiary/aromatic N) is 6. The molecule has 0 fully saturated rings. The van der Waals surface area contributed by atoms with E-state index in [0.29, 0.717) is 39.3 Å². The summed E-state index contributed by atoms with van der Waals surface area (Å²) in [6, 6.07) is 28.4. The molecule has 16 nitrogen and oxygen atoms in total. The number of aryl methyl sites for hydroxylation is 1. The number of azo groups is 3. The molecule has 0 saturated heterocycles. The van der Waals surface area contributed by atoms with Crippen LogP contribution in [0, 0.1) is 6.92 Å². The summed E-state index contributed by atoms with van der Waals surface area (Å²) in [6.45, 7) is 1.74. The maximum Gasteiger partial charge on any atom is 1.00 e. The smallest absolute Gasteiger partial charge is 0.872 e. The molecule has 0 aliphatic heterocycles. The molecule has 0 radical (unpaired) electrons. The second-order valence-corrected chi connectivity index (χ2v) is 12.4. The van der Waals surface area contributed by atoms with E-state index >= 15 is 0 Å². The Bertz CT molecular complexity index is 2520. The van der Waals surface area contributed by atoms with E-state index in [1.54, 1.807) is 73.7 Å². The zero-order chi connectivity index (χ0) is 40.9. The summed E-state index contributed by atoms with van der Waals surface area (Å²) in [5.41, 5.74) is 0.151. The Morgan fingerprint density at radius 2 is 0.733 bits per heavy atom. The second-order valence-electron chi connectivity index (χ2n) is 12.4. The van der Waals surface area contributed by atoms with Crippen LogP contribution in [0.3, 0.4) is 0 Å². The molecule has 0 spiro atoms. The quantitative estimate of drug-likeness (QED) is 0.0653. The standard InChI is InChI=1S/C41H30N6O10.3Na/c1-22-18-25(6-14-34(22)47-46-30-13-17-37(50)33(21-30)40(55)56)41(57,23-2-7-26(8-3-23)42-44-28-11-15-35(48)31(19-28)38(51)52)24-4-9-27(10-5-24)43-45-29-12-16-36(49)32(20-29)39(53)54;;;/h2-21,48-50,57H,1H3,(H,51,52)(H,53,54)(H,55,56);;;/q;3*+1/p-3. The molecule has 4 N–H and O–H groups in total. The van der Waals surface area contributed by atoms with Gasteiger partial charge in [-0.25, -0.2) is 14.4 Å². The fourth-order valence-electron chi connectivity index (χ4n) is 5.62. The van der Waals surface area contributed by atoms with Crippen LogP contribution >= 0.6 is 0 Å². The molecule has 284 valence electrons. The fraction of sp³-hybridized carbons (Fsp3) is 0.0488. The Balaban J connectivity index is 0.00000320. The van der Waals surface area contributed by atoms with Crippen LogP contribution in [0.1, 0.15) is 53.3 Å². The number of carboxylic acids is 3. The normalized spacial score (nSPS) is 12.0. The van der Waals surface area contributed by atoms with Gasteiger partial charge in [0.25, 0.3) is 0 Å². The van der Waals surface area contributed by atoms with Crippen molar-refractivity contribution in [2.24, 2.45) is 30.7 Å². The molecule has 0 atom stereocenters. The van der Waals surface area contributed by atoms with Crippen LogP contribution in [-0.4, -0.2) is 38.3 Å². The largest absolute Gasteiger partial charge is 1.00 e. The van der Waals surface area contributed by atoms with Crippen molar-refractivity contribution in [1.82, 2.24) is 0 Å². The molecule has 60 heavy (non-hydrogen) atoms. The molecule has 6 aromatic carbocycles. The third-order valence-corrected chi connectivity index (χ3v) is 8.60. The van der Waals surface area contributed by atoms with E-state index in [2.05, 4.69) is 30.7 Å². The molecular formula is C41H27N6Na3O10. The number of aromatic carboxylic acids is 3. The Labute approximate surface area is 407 Å². The first-order valence-corrected chi connectivity index (χ1v) is 16.7. The topological polar surface area (TPSA) is 275 Å². The Kier molecular flexibility index (Phi) is 17.6. The minimum Gasteiger partial charge on any atom is -0.872 e. The molecule has 19 heteroatoms. The summed E-state index contributed by atoms with van der Waals surface area (Å²) in [7, 11) is 0. The van der Waals surface area contributed by atoms with Crippen molar-refractivity contribution >= 4 is 52.0 Å². The Morgan fingerprint density at radius 1 is 0.433 bits per heavy atom. The van der Waals surface area contributed by atoms with E-state index in [4.69, 9.17) is 0 Å². The molecule has 0 aliphatic rings. The van der Waals surface area contributed by atoms with Crippen molar-refractivity contribution in [3.63, 3.8) is 0 Å². The molecule has 0 unspecified atom stereocenters. The van der Waals surface area contributed by atoms with Gasteiger partial charge in [-0.2, -0.15) is 30.7 Å². The predicted octanol–water partition coefficient (Wildman–Crippen LogP) is -1.15. The van der Waals surface area contributed by atoms with Crippen LogP contribution in [-0.2, 0) is 5.60 Å².